The summed E-state index contributed by atoms with van der Waals surface area (Å²) in [6.07, 6.45) is -1.63. The van der Waals surface area contributed by atoms with E-state index in [9.17, 15) is 18.0 Å². The second-order valence-electron chi connectivity index (χ2n) is 4.56. The Morgan fingerprint density at radius 1 is 1.35 bits per heavy atom. The fraction of sp³-hybridized carbons (Fsp3) is 0.909. The quantitative estimate of drug-likeness (QED) is 0.765. The Morgan fingerprint density at radius 3 is 2.41 bits per heavy atom. The van der Waals surface area contributed by atoms with Gasteiger partial charge in [-0.05, 0) is 13.0 Å². The lowest BCUT2D eigenvalue weighted by atomic mass is 9.96. The van der Waals surface area contributed by atoms with E-state index < -0.39 is 24.0 Å². The number of hydrogen-bond acceptors (Lipinski definition) is 2. The Hall–Kier alpha value is -0.780. The molecule has 0 aliphatic carbocycles. The number of carboxylic acid groups (broad SMARTS) is 1. The summed E-state index contributed by atoms with van der Waals surface area (Å²) in [6, 6.07) is 0. The van der Waals surface area contributed by atoms with Crippen LogP contribution in [0.2, 0.25) is 0 Å². The first-order valence-corrected chi connectivity index (χ1v) is 5.88. The molecule has 0 radical (unpaired) electrons. The zero-order valence-corrected chi connectivity index (χ0v) is 9.83. The molecule has 3 nitrogen and oxygen atoms in total. The third-order valence-corrected chi connectivity index (χ3v) is 3.21. The summed E-state index contributed by atoms with van der Waals surface area (Å²) < 4.78 is 37.9. The van der Waals surface area contributed by atoms with Gasteiger partial charge < -0.3 is 10.0 Å². The normalized spacial score (nSPS) is 26.4. The van der Waals surface area contributed by atoms with Crippen molar-refractivity contribution in [3.8, 4) is 0 Å². The number of aliphatic carboxylic acids is 1. The molecule has 17 heavy (non-hydrogen) atoms. The molecule has 1 N–H and O–H groups in total. The predicted molar refractivity (Wildman–Crippen MR) is 56.6 cm³/mol. The van der Waals surface area contributed by atoms with Crippen LogP contribution in [0.15, 0.2) is 0 Å². The predicted octanol–water partition coefficient (Wildman–Crippen LogP) is 2.37. The topological polar surface area (TPSA) is 40.5 Å². The number of likely N-dealkylation sites (tertiary alicyclic amines) is 1. The minimum atomic E-state index is -4.41. The van der Waals surface area contributed by atoms with Crippen LogP contribution in [-0.4, -0.2) is 41.8 Å². The van der Waals surface area contributed by atoms with Gasteiger partial charge in [0.05, 0.1) is 11.8 Å². The largest absolute Gasteiger partial charge is 0.481 e. The molecule has 6 heteroatoms. The fourth-order valence-electron chi connectivity index (χ4n) is 2.24. The molecule has 0 spiro atoms. The molecule has 0 saturated carbocycles. The summed E-state index contributed by atoms with van der Waals surface area (Å²) in [5.41, 5.74) is 0. The van der Waals surface area contributed by atoms with E-state index >= 15 is 0 Å². The molecule has 0 amide bonds. The molecular formula is C11H18F3NO2. The first-order chi connectivity index (χ1) is 7.86. The van der Waals surface area contributed by atoms with E-state index in [1.165, 1.54) is 0 Å². The maximum absolute atomic E-state index is 12.6. The average Bonchev–Trinajstić information content (AvgIpc) is 2.62. The Kier molecular flexibility index (Phi) is 4.80. The van der Waals surface area contributed by atoms with Crippen LogP contribution in [0, 0.1) is 11.8 Å². The molecule has 1 heterocycles. The van der Waals surface area contributed by atoms with Crippen molar-refractivity contribution in [1.29, 1.82) is 0 Å². The van der Waals surface area contributed by atoms with Crippen LogP contribution >= 0.6 is 0 Å². The van der Waals surface area contributed by atoms with Crippen LogP contribution in [0.4, 0.5) is 13.2 Å². The maximum Gasteiger partial charge on any atom is 0.393 e. The summed E-state index contributed by atoms with van der Waals surface area (Å²) in [6.45, 7) is 2.42. The molecule has 1 saturated heterocycles. The van der Waals surface area contributed by atoms with E-state index in [0.29, 0.717) is 6.54 Å². The number of unbranched alkanes of at least 4 members (excludes halogenated alkanes) is 2. The standard InChI is InChI=1S/C11H18F3NO2/c1-2-3-4-5-15-6-8(10(16)17)9(7-15)11(12,13)14/h8-9H,2-7H2,1H3,(H,16,17)/t8-,9-/m1/s1. The second-order valence-corrected chi connectivity index (χ2v) is 4.56. The molecule has 0 bridgehead atoms. The number of nitrogens with zero attached hydrogens (tertiary/aromatic N) is 1. The molecule has 2 atom stereocenters. The van der Waals surface area contributed by atoms with Crippen molar-refractivity contribution >= 4 is 5.97 Å². The summed E-state index contributed by atoms with van der Waals surface area (Å²) in [4.78, 5) is 12.4. The molecule has 0 aromatic rings. The van der Waals surface area contributed by atoms with E-state index in [0.717, 1.165) is 19.3 Å². The van der Waals surface area contributed by atoms with Crippen LogP contribution in [0.3, 0.4) is 0 Å². The number of rotatable bonds is 5. The van der Waals surface area contributed by atoms with Gasteiger partial charge in [-0.15, -0.1) is 0 Å². The third-order valence-electron chi connectivity index (χ3n) is 3.21. The van der Waals surface area contributed by atoms with Crippen molar-refractivity contribution in [3.05, 3.63) is 0 Å². The molecule has 1 aliphatic rings. The molecule has 100 valence electrons. The lowest BCUT2D eigenvalue weighted by molar-refractivity contribution is -0.188. The highest BCUT2D eigenvalue weighted by Crippen LogP contribution is 2.37. The summed E-state index contributed by atoms with van der Waals surface area (Å²) >= 11 is 0. The zero-order valence-electron chi connectivity index (χ0n) is 9.83. The van der Waals surface area contributed by atoms with Gasteiger partial charge in [-0.25, -0.2) is 0 Å². The highest BCUT2D eigenvalue weighted by Gasteiger charge is 2.52. The van der Waals surface area contributed by atoms with Gasteiger partial charge in [-0.2, -0.15) is 13.2 Å². The minimum absolute atomic E-state index is 0.0171. The van der Waals surface area contributed by atoms with Crippen molar-refractivity contribution in [2.45, 2.75) is 32.4 Å². The lowest BCUT2D eigenvalue weighted by Gasteiger charge is -2.18. The number of alkyl halides is 3. The third kappa shape index (κ3) is 3.87. The molecule has 1 fully saturated rings. The minimum Gasteiger partial charge on any atom is -0.481 e. The zero-order chi connectivity index (χ0) is 13.1. The Balaban J connectivity index is 2.57. The van der Waals surface area contributed by atoms with Gasteiger partial charge in [0.15, 0.2) is 0 Å². The number of hydrogen-bond donors (Lipinski definition) is 1. The Bertz CT molecular complexity index is 268. The van der Waals surface area contributed by atoms with Crippen LogP contribution in [-0.2, 0) is 4.79 Å². The van der Waals surface area contributed by atoms with Gasteiger partial charge in [0.25, 0.3) is 0 Å². The van der Waals surface area contributed by atoms with Gasteiger partial charge in [0, 0.05) is 13.1 Å². The highest BCUT2D eigenvalue weighted by atomic mass is 19.4. The molecule has 0 aromatic carbocycles. The van der Waals surface area contributed by atoms with Gasteiger partial charge in [-0.1, -0.05) is 19.8 Å². The van der Waals surface area contributed by atoms with Crippen LogP contribution < -0.4 is 0 Å². The van der Waals surface area contributed by atoms with Crippen molar-refractivity contribution in [1.82, 2.24) is 4.90 Å². The molecular weight excluding hydrogens is 235 g/mol. The average molecular weight is 253 g/mol. The number of carboxylic acids is 1. The first-order valence-electron chi connectivity index (χ1n) is 5.88. The number of carbonyl (C=O) groups is 1. The SMILES string of the molecule is CCCCCN1C[C@@H](C(F)(F)F)[C@H](C(=O)O)C1. The van der Waals surface area contributed by atoms with Crippen molar-refractivity contribution in [2.24, 2.45) is 11.8 Å². The molecule has 1 aliphatic heterocycles. The van der Waals surface area contributed by atoms with E-state index in [1.54, 1.807) is 4.90 Å². The van der Waals surface area contributed by atoms with Crippen molar-refractivity contribution in [3.63, 3.8) is 0 Å². The Morgan fingerprint density at radius 2 is 2.00 bits per heavy atom. The van der Waals surface area contributed by atoms with E-state index in [4.69, 9.17) is 5.11 Å². The maximum atomic E-state index is 12.6. The highest BCUT2D eigenvalue weighted by molar-refractivity contribution is 5.71. The number of halogens is 3. The Labute approximate surface area is 98.6 Å². The van der Waals surface area contributed by atoms with E-state index in [2.05, 4.69) is 0 Å². The lowest BCUT2D eigenvalue weighted by Crippen LogP contribution is -2.33. The smallest absolute Gasteiger partial charge is 0.393 e. The first kappa shape index (κ1) is 14.3. The van der Waals surface area contributed by atoms with Crippen molar-refractivity contribution in [2.75, 3.05) is 19.6 Å². The summed E-state index contributed by atoms with van der Waals surface area (Å²) in [5, 5.41) is 8.81. The van der Waals surface area contributed by atoms with Gasteiger partial charge in [-0.3, -0.25) is 4.79 Å². The van der Waals surface area contributed by atoms with Crippen LogP contribution in [0.1, 0.15) is 26.2 Å². The van der Waals surface area contributed by atoms with Crippen molar-refractivity contribution < 1.29 is 23.1 Å². The summed E-state index contributed by atoms with van der Waals surface area (Å²) in [5.74, 6) is -4.37. The molecule has 0 unspecified atom stereocenters. The van der Waals surface area contributed by atoms with Gasteiger partial charge in [0.2, 0.25) is 0 Å². The van der Waals surface area contributed by atoms with Crippen LogP contribution in [0.5, 0.6) is 0 Å². The van der Waals surface area contributed by atoms with Crippen LogP contribution in [0.25, 0.3) is 0 Å². The monoisotopic (exact) mass is 253 g/mol. The van der Waals surface area contributed by atoms with E-state index in [1.807, 2.05) is 6.92 Å². The second kappa shape index (κ2) is 5.71. The molecule has 0 aromatic heterocycles. The fourth-order valence-corrected chi connectivity index (χ4v) is 2.24. The van der Waals surface area contributed by atoms with Gasteiger partial charge >= 0.3 is 12.1 Å². The summed E-state index contributed by atoms with van der Waals surface area (Å²) in [7, 11) is 0. The molecule has 1 rings (SSSR count). The van der Waals surface area contributed by atoms with Gasteiger partial charge in [0.1, 0.15) is 0 Å². The van der Waals surface area contributed by atoms with E-state index in [-0.39, 0.29) is 13.1 Å².